The van der Waals surface area contributed by atoms with Gasteiger partial charge in [0.15, 0.2) is 0 Å². The minimum absolute atomic E-state index is 0.196. The third-order valence-electron chi connectivity index (χ3n) is 2.28. The van der Waals surface area contributed by atoms with Crippen LogP contribution in [0.2, 0.25) is 0 Å². The molecule has 0 aromatic carbocycles. The lowest BCUT2D eigenvalue weighted by molar-refractivity contribution is -0.125. The van der Waals surface area contributed by atoms with Crippen molar-refractivity contribution in [1.29, 1.82) is 0 Å². The van der Waals surface area contributed by atoms with E-state index in [1.54, 1.807) is 0 Å². The van der Waals surface area contributed by atoms with E-state index in [9.17, 15) is 9.59 Å². The highest BCUT2D eigenvalue weighted by Gasteiger charge is 2.29. The Hall–Kier alpha value is -0.940. The summed E-state index contributed by atoms with van der Waals surface area (Å²) in [6, 6.07) is -0.349. The van der Waals surface area contributed by atoms with Crippen molar-refractivity contribution in [3.8, 4) is 0 Å². The Morgan fingerprint density at radius 1 is 1.50 bits per heavy atom. The molecule has 1 rings (SSSR count). The highest BCUT2D eigenvalue weighted by molar-refractivity contribution is 6.05. The Bertz CT molecular complexity index is 254. The average Bonchev–Trinajstić information content (AvgIpc) is 2.50. The SMILES string of the molecule is CC(C)COCCCNC1CC(=O)NC1=O. The number of ether oxygens (including phenoxy) is 1. The van der Waals surface area contributed by atoms with Gasteiger partial charge in [0.2, 0.25) is 11.8 Å². The van der Waals surface area contributed by atoms with Gasteiger partial charge >= 0.3 is 0 Å². The van der Waals surface area contributed by atoms with Gasteiger partial charge in [-0.05, 0) is 18.9 Å². The van der Waals surface area contributed by atoms with Crippen molar-refractivity contribution in [2.75, 3.05) is 19.8 Å². The molecule has 2 amide bonds. The number of imide groups is 1. The van der Waals surface area contributed by atoms with Crippen LogP contribution >= 0.6 is 0 Å². The molecule has 1 fully saturated rings. The summed E-state index contributed by atoms with van der Waals surface area (Å²) < 4.78 is 5.40. The van der Waals surface area contributed by atoms with E-state index in [0.29, 0.717) is 19.1 Å². The van der Waals surface area contributed by atoms with Gasteiger partial charge in [0.05, 0.1) is 12.5 Å². The van der Waals surface area contributed by atoms with Crippen molar-refractivity contribution >= 4 is 11.8 Å². The Kier molecular flexibility index (Phi) is 5.42. The fourth-order valence-electron chi connectivity index (χ4n) is 1.49. The monoisotopic (exact) mass is 228 g/mol. The zero-order chi connectivity index (χ0) is 12.0. The average molecular weight is 228 g/mol. The maximum atomic E-state index is 11.2. The number of nitrogens with one attached hydrogen (secondary N) is 2. The van der Waals surface area contributed by atoms with E-state index in [0.717, 1.165) is 13.0 Å². The van der Waals surface area contributed by atoms with E-state index in [1.165, 1.54) is 0 Å². The zero-order valence-electron chi connectivity index (χ0n) is 9.91. The van der Waals surface area contributed by atoms with E-state index >= 15 is 0 Å². The van der Waals surface area contributed by atoms with E-state index in [2.05, 4.69) is 24.5 Å². The van der Waals surface area contributed by atoms with Gasteiger partial charge in [-0.2, -0.15) is 0 Å². The molecule has 1 unspecified atom stereocenters. The zero-order valence-corrected chi connectivity index (χ0v) is 9.91. The molecule has 5 heteroatoms. The topological polar surface area (TPSA) is 67.4 Å². The molecule has 0 aliphatic carbocycles. The second-order valence-electron chi connectivity index (χ2n) is 4.45. The first-order valence-corrected chi connectivity index (χ1v) is 5.74. The third-order valence-corrected chi connectivity index (χ3v) is 2.28. The van der Waals surface area contributed by atoms with E-state index in [-0.39, 0.29) is 24.3 Å². The minimum Gasteiger partial charge on any atom is -0.381 e. The normalized spacial score (nSPS) is 20.6. The van der Waals surface area contributed by atoms with Crippen LogP contribution < -0.4 is 10.6 Å². The lowest BCUT2D eigenvalue weighted by Gasteiger charge is -2.09. The first kappa shape index (κ1) is 13.1. The second-order valence-corrected chi connectivity index (χ2v) is 4.45. The lowest BCUT2D eigenvalue weighted by Crippen LogP contribution is -2.37. The number of hydrogen-bond donors (Lipinski definition) is 2. The summed E-state index contributed by atoms with van der Waals surface area (Å²) in [5, 5.41) is 5.30. The molecule has 1 saturated heterocycles. The van der Waals surface area contributed by atoms with Crippen LogP contribution in [0.25, 0.3) is 0 Å². The third kappa shape index (κ3) is 4.72. The van der Waals surface area contributed by atoms with E-state index in [4.69, 9.17) is 4.74 Å². The first-order chi connectivity index (χ1) is 7.59. The second kappa shape index (κ2) is 6.60. The fraction of sp³-hybridized carbons (Fsp3) is 0.818. The molecule has 0 saturated carbocycles. The predicted molar refractivity (Wildman–Crippen MR) is 59.8 cm³/mol. The molecular weight excluding hydrogens is 208 g/mol. The maximum absolute atomic E-state index is 11.2. The van der Waals surface area contributed by atoms with Gasteiger partial charge in [0.1, 0.15) is 0 Å². The van der Waals surface area contributed by atoms with Gasteiger partial charge in [-0.15, -0.1) is 0 Å². The quantitative estimate of drug-likeness (QED) is 0.477. The van der Waals surface area contributed by atoms with Gasteiger partial charge in [-0.1, -0.05) is 13.8 Å². The van der Waals surface area contributed by atoms with Gasteiger partial charge in [0, 0.05) is 13.2 Å². The summed E-state index contributed by atoms with van der Waals surface area (Å²) in [5.41, 5.74) is 0. The molecule has 1 atom stereocenters. The molecular formula is C11H20N2O3. The van der Waals surface area contributed by atoms with Gasteiger partial charge in [0.25, 0.3) is 0 Å². The van der Waals surface area contributed by atoms with Gasteiger partial charge in [-0.3, -0.25) is 14.9 Å². The fourth-order valence-corrected chi connectivity index (χ4v) is 1.49. The number of carbonyl (C=O) groups is 2. The van der Waals surface area contributed by atoms with Crippen LogP contribution in [0, 0.1) is 5.92 Å². The molecule has 1 aliphatic rings. The predicted octanol–water partition coefficient (Wildman–Crippen LogP) is 0.0538. The molecule has 1 aliphatic heterocycles. The Balaban J connectivity index is 1.99. The number of hydrogen-bond acceptors (Lipinski definition) is 4. The largest absolute Gasteiger partial charge is 0.381 e. The van der Waals surface area contributed by atoms with Crippen LogP contribution in [-0.2, 0) is 14.3 Å². The minimum atomic E-state index is -0.349. The maximum Gasteiger partial charge on any atom is 0.244 e. The molecule has 16 heavy (non-hydrogen) atoms. The van der Waals surface area contributed by atoms with Crippen LogP contribution in [0.4, 0.5) is 0 Å². The van der Waals surface area contributed by atoms with Crippen LogP contribution in [0.15, 0.2) is 0 Å². The standard InChI is InChI=1S/C11H20N2O3/c1-8(2)7-16-5-3-4-12-9-6-10(14)13-11(9)15/h8-9,12H,3-7H2,1-2H3,(H,13,14,15). The summed E-state index contributed by atoms with van der Waals surface area (Å²) in [5.74, 6) is 0.137. The van der Waals surface area contributed by atoms with Crippen molar-refractivity contribution < 1.29 is 14.3 Å². The van der Waals surface area contributed by atoms with Crippen molar-refractivity contribution in [2.45, 2.75) is 32.7 Å². The molecule has 1 heterocycles. The highest BCUT2D eigenvalue weighted by Crippen LogP contribution is 2.01. The van der Waals surface area contributed by atoms with Crippen LogP contribution in [0.3, 0.4) is 0 Å². The molecule has 2 N–H and O–H groups in total. The van der Waals surface area contributed by atoms with Crippen molar-refractivity contribution in [3.05, 3.63) is 0 Å². The number of carbonyl (C=O) groups excluding carboxylic acids is 2. The number of rotatable bonds is 7. The Morgan fingerprint density at radius 3 is 2.81 bits per heavy atom. The highest BCUT2D eigenvalue weighted by atomic mass is 16.5. The molecule has 0 spiro atoms. The lowest BCUT2D eigenvalue weighted by atomic mass is 10.2. The van der Waals surface area contributed by atoms with Crippen LogP contribution in [0.1, 0.15) is 26.7 Å². The Morgan fingerprint density at radius 2 is 2.25 bits per heavy atom. The van der Waals surface area contributed by atoms with Crippen molar-refractivity contribution in [1.82, 2.24) is 10.6 Å². The smallest absolute Gasteiger partial charge is 0.244 e. The molecule has 92 valence electrons. The van der Waals surface area contributed by atoms with Gasteiger partial charge in [-0.25, -0.2) is 0 Å². The molecule has 0 bridgehead atoms. The first-order valence-electron chi connectivity index (χ1n) is 5.74. The molecule has 5 nitrogen and oxygen atoms in total. The molecule has 0 radical (unpaired) electrons. The van der Waals surface area contributed by atoms with Crippen molar-refractivity contribution in [3.63, 3.8) is 0 Å². The van der Waals surface area contributed by atoms with Crippen LogP contribution in [0.5, 0.6) is 0 Å². The number of amides is 2. The van der Waals surface area contributed by atoms with Crippen molar-refractivity contribution in [2.24, 2.45) is 5.92 Å². The molecule has 0 aromatic heterocycles. The van der Waals surface area contributed by atoms with E-state index < -0.39 is 0 Å². The van der Waals surface area contributed by atoms with E-state index in [1.807, 2.05) is 0 Å². The summed E-state index contributed by atoms with van der Waals surface area (Å²) in [7, 11) is 0. The summed E-state index contributed by atoms with van der Waals surface area (Å²) in [6.45, 7) is 6.36. The van der Waals surface area contributed by atoms with Crippen LogP contribution in [-0.4, -0.2) is 37.6 Å². The molecule has 0 aromatic rings. The summed E-state index contributed by atoms with van der Waals surface area (Å²) in [6.07, 6.45) is 1.11. The summed E-state index contributed by atoms with van der Waals surface area (Å²) in [4.78, 5) is 22.0. The van der Waals surface area contributed by atoms with Gasteiger partial charge < -0.3 is 10.1 Å². The Labute approximate surface area is 95.9 Å². The summed E-state index contributed by atoms with van der Waals surface area (Å²) >= 11 is 0.